The van der Waals surface area contributed by atoms with E-state index in [9.17, 15) is 4.79 Å². The minimum absolute atomic E-state index is 0.119. The molecule has 1 aromatic carbocycles. The molecule has 0 aliphatic heterocycles. The number of nitrogens with zero attached hydrogens (tertiary/aromatic N) is 2. The number of pyridine rings is 1. The van der Waals surface area contributed by atoms with E-state index in [1.54, 1.807) is 44.4 Å². The molecule has 5 nitrogen and oxygen atoms in total. The first-order chi connectivity index (χ1) is 9.47. The summed E-state index contributed by atoms with van der Waals surface area (Å²) in [5.41, 5.74) is 6.70. The number of halogens is 1. The van der Waals surface area contributed by atoms with Crippen LogP contribution in [-0.4, -0.2) is 29.9 Å². The molecule has 0 unspecified atom stereocenters. The van der Waals surface area contributed by atoms with Gasteiger partial charge in [0.15, 0.2) is 0 Å². The number of aromatic nitrogens is 1. The van der Waals surface area contributed by atoms with Crippen molar-refractivity contribution in [2.24, 2.45) is 0 Å². The van der Waals surface area contributed by atoms with Crippen LogP contribution in [0.4, 0.5) is 5.69 Å². The van der Waals surface area contributed by atoms with Gasteiger partial charge in [0, 0.05) is 38.1 Å². The van der Waals surface area contributed by atoms with Gasteiger partial charge < -0.3 is 15.4 Å². The third kappa shape index (κ3) is 3.19. The average Bonchev–Trinajstić information content (AvgIpc) is 2.43. The molecule has 0 atom stereocenters. The number of nitrogens with two attached hydrogens (primary N) is 1. The predicted octanol–water partition coefficient (Wildman–Crippen LogP) is 2.81. The molecule has 6 heteroatoms. The second-order valence-electron chi connectivity index (χ2n) is 4.38. The first-order valence-corrected chi connectivity index (χ1v) is 6.26. The molecule has 0 bridgehead atoms. The molecule has 0 aliphatic carbocycles. The lowest BCUT2D eigenvalue weighted by atomic mass is 10.2. The van der Waals surface area contributed by atoms with Gasteiger partial charge >= 0.3 is 0 Å². The Balaban J connectivity index is 2.19. The molecule has 0 fully saturated rings. The van der Waals surface area contributed by atoms with E-state index in [0.29, 0.717) is 27.9 Å². The Morgan fingerprint density at radius 3 is 2.65 bits per heavy atom. The highest BCUT2D eigenvalue weighted by Crippen LogP contribution is 2.30. The molecule has 1 heterocycles. The lowest BCUT2D eigenvalue weighted by molar-refractivity contribution is 0.0827. The van der Waals surface area contributed by atoms with Crippen molar-refractivity contribution in [2.45, 2.75) is 0 Å². The summed E-state index contributed by atoms with van der Waals surface area (Å²) in [5, 5.41) is 0.439. The van der Waals surface area contributed by atoms with E-state index in [4.69, 9.17) is 22.1 Å². The SMILES string of the molecule is CN(C)C(=O)c1ccc(Oc2cc(N)ccc2Cl)nc1. The molecular weight excluding hydrogens is 278 g/mol. The second-order valence-corrected chi connectivity index (χ2v) is 4.78. The van der Waals surface area contributed by atoms with Crippen molar-refractivity contribution in [3.05, 3.63) is 47.1 Å². The molecular formula is C14H14ClN3O2. The lowest BCUT2D eigenvalue weighted by Gasteiger charge is -2.11. The van der Waals surface area contributed by atoms with E-state index in [0.717, 1.165) is 0 Å². The van der Waals surface area contributed by atoms with Crippen LogP contribution in [0.3, 0.4) is 0 Å². The van der Waals surface area contributed by atoms with Gasteiger partial charge in [0.25, 0.3) is 5.91 Å². The summed E-state index contributed by atoms with van der Waals surface area (Å²) < 4.78 is 5.54. The van der Waals surface area contributed by atoms with E-state index in [-0.39, 0.29) is 5.91 Å². The van der Waals surface area contributed by atoms with Gasteiger partial charge in [-0.3, -0.25) is 4.79 Å². The monoisotopic (exact) mass is 291 g/mol. The highest BCUT2D eigenvalue weighted by molar-refractivity contribution is 6.32. The van der Waals surface area contributed by atoms with Crippen molar-refractivity contribution in [1.82, 2.24) is 9.88 Å². The maximum Gasteiger partial charge on any atom is 0.254 e. The van der Waals surface area contributed by atoms with Crippen LogP contribution < -0.4 is 10.5 Å². The number of rotatable bonds is 3. The van der Waals surface area contributed by atoms with Crippen LogP contribution in [0, 0.1) is 0 Å². The van der Waals surface area contributed by atoms with Gasteiger partial charge in [-0.25, -0.2) is 4.98 Å². The number of carbonyl (C=O) groups is 1. The molecule has 2 aromatic rings. The fourth-order valence-corrected chi connectivity index (χ4v) is 1.69. The molecule has 0 saturated heterocycles. The first-order valence-electron chi connectivity index (χ1n) is 5.88. The Morgan fingerprint density at radius 2 is 2.05 bits per heavy atom. The van der Waals surface area contributed by atoms with Crippen molar-refractivity contribution >= 4 is 23.2 Å². The Labute approximate surface area is 121 Å². The van der Waals surface area contributed by atoms with Crippen LogP contribution in [0.25, 0.3) is 0 Å². The maximum absolute atomic E-state index is 11.7. The van der Waals surface area contributed by atoms with Gasteiger partial charge in [-0.1, -0.05) is 11.6 Å². The Kier molecular flexibility index (Phi) is 4.10. The van der Waals surface area contributed by atoms with Crippen LogP contribution in [-0.2, 0) is 0 Å². The van der Waals surface area contributed by atoms with E-state index in [2.05, 4.69) is 4.98 Å². The number of carbonyl (C=O) groups excluding carboxylic acids is 1. The first kappa shape index (κ1) is 14.1. The topological polar surface area (TPSA) is 68.5 Å². The van der Waals surface area contributed by atoms with Gasteiger partial charge in [0.1, 0.15) is 5.75 Å². The second kappa shape index (κ2) is 5.79. The highest BCUT2D eigenvalue weighted by atomic mass is 35.5. The smallest absolute Gasteiger partial charge is 0.254 e. The standard InChI is InChI=1S/C14H14ClN3O2/c1-18(2)14(19)9-3-6-13(17-8-9)20-12-7-10(16)4-5-11(12)15/h3-8H,16H2,1-2H3. The van der Waals surface area contributed by atoms with E-state index in [1.165, 1.54) is 11.1 Å². The Morgan fingerprint density at radius 1 is 1.30 bits per heavy atom. The van der Waals surface area contributed by atoms with Crippen LogP contribution in [0.15, 0.2) is 36.5 Å². The molecule has 2 N–H and O–H groups in total. The van der Waals surface area contributed by atoms with Crippen molar-refractivity contribution in [2.75, 3.05) is 19.8 Å². The average molecular weight is 292 g/mol. The molecule has 0 radical (unpaired) electrons. The Hall–Kier alpha value is -2.27. The number of anilines is 1. The van der Waals surface area contributed by atoms with Crippen LogP contribution >= 0.6 is 11.6 Å². The normalized spacial score (nSPS) is 10.2. The number of hydrogen-bond donors (Lipinski definition) is 1. The number of benzene rings is 1. The van der Waals surface area contributed by atoms with E-state index in [1.807, 2.05) is 0 Å². The molecule has 0 spiro atoms. The molecule has 2 rings (SSSR count). The van der Waals surface area contributed by atoms with Gasteiger partial charge in [-0.2, -0.15) is 0 Å². The Bertz CT molecular complexity index is 627. The summed E-state index contributed by atoms with van der Waals surface area (Å²) in [6.45, 7) is 0. The maximum atomic E-state index is 11.7. The van der Waals surface area contributed by atoms with Crippen molar-refractivity contribution < 1.29 is 9.53 Å². The van der Waals surface area contributed by atoms with Gasteiger partial charge in [-0.15, -0.1) is 0 Å². The van der Waals surface area contributed by atoms with E-state index < -0.39 is 0 Å². The summed E-state index contributed by atoms with van der Waals surface area (Å²) >= 11 is 6.00. The largest absolute Gasteiger partial charge is 0.437 e. The zero-order valence-electron chi connectivity index (χ0n) is 11.1. The predicted molar refractivity (Wildman–Crippen MR) is 78.2 cm³/mol. The van der Waals surface area contributed by atoms with Crippen LogP contribution in [0.5, 0.6) is 11.6 Å². The molecule has 0 saturated carbocycles. The van der Waals surface area contributed by atoms with Crippen LogP contribution in [0.2, 0.25) is 5.02 Å². The summed E-state index contributed by atoms with van der Waals surface area (Å²) in [4.78, 5) is 17.3. The fourth-order valence-electron chi connectivity index (χ4n) is 1.54. The van der Waals surface area contributed by atoms with E-state index >= 15 is 0 Å². The van der Waals surface area contributed by atoms with Crippen LogP contribution in [0.1, 0.15) is 10.4 Å². The number of nitrogen functional groups attached to an aromatic ring is 1. The molecule has 0 aliphatic rings. The third-order valence-corrected chi connectivity index (χ3v) is 2.87. The minimum Gasteiger partial charge on any atom is -0.437 e. The molecule has 1 amide bonds. The molecule has 20 heavy (non-hydrogen) atoms. The van der Waals surface area contributed by atoms with Crippen molar-refractivity contribution in [1.29, 1.82) is 0 Å². The van der Waals surface area contributed by atoms with Crippen molar-refractivity contribution in [3.63, 3.8) is 0 Å². The number of amides is 1. The van der Waals surface area contributed by atoms with Gasteiger partial charge in [0.2, 0.25) is 5.88 Å². The lowest BCUT2D eigenvalue weighted by Crippen LogP contribution is -2.21. The van der Waals surface area contributed by atoms with Gasteiger partial charge in [-0.05, 0) is 18.2 Å². The number of ether oxygens (including phenoxy) is 1. The van der Waals surface area contributed by atoms with Crippen molar-refractivity contribution in [3.8, 4) is 11.6 Å². The number of hydrogen-bond acceptors (Lipinski definition) is 4. The zero-order valence-corrected chi connectivity index (χ0v) is 11.9. The minimum atomic E-state index is -0.119. The fraction of sp³-hybridized carbons (Fsp3) is 0.143. The molecule has 1 aromatic heterocycles. The molecule has 104 valence electrons. The quantitative estimate of drug-likeness (QED) is 0.883. The summed E-state index contributed by atoms with van der Waals surface area (Å²) in [6.07, 6.45) is 1.46. The third-order valence-electron chi connectivity index (χ3n) is 2.56. The highest BCUT2D eigenvalue weighted by Gasteiger charge is 2.09. The summed E-state index contributed by atoms with van der Waals surface area (Å²) in [7, 11) is 3.36. The zero-order chi connectivity index (χ0) is 14.7. The summed E-state index contributed by atoms with van der Waals surface area (Å²) in [6, 6.07) is 8.20. The summed E-state index contributed by atoms with van der Waals surface area (Å²) in [5.74, 6) is 0.643. The van der Waals surface area contributed by atoms with Gasteiger partial charge in [0.05, 0.1) is 10.6 Å².